The summed E-state index contributed by atoms with van der Waals surface area (Å²) in [5.41, 5.74) is 2.99. The first-order chi connectivity index (χ1) is 31.1. The molecule has 1 fully saturated rings. The molecule has 1 rings (SSSR count). The topological polar surface area (TPSA) is 81.7 Å². The Balaban J connectivity index is 3.90. The van der Waals surface area contributed by atoms with Crippen molar-refractivity contribution in [1.29, 1.82) is 0 Å². The maximum absolute atomic E-state index is 14.7. The molecule has 1 heterocycles. The molecule has 0 spiro atoms. The van der Waals surface area contributed by atoms with Gasteiger partial charge in [0.05, 0.1) is 41.7 Å². The largest absolute Gasteiger partial charge is 0.489 e. The van der Waals surface area contributed by atoms with Gasteiger partial charge in [-0.1, -0.05) is 137 Å². The molecule has 1 saturated heterocycles. The molecule has 0 aromatic carbocycles. The van der Waals surface area contributed by atoms with Gasteiger partial charge >= 0.3 is 13.1 Å². The van der Waals surface area contributed by atoms with Gasteiger partial charge in [-0.2, -0.15) is 0 Å². The summed E-state index contributed by atoms with van der Waals surface area (Å²) in [6.07, 6.45) is 11.6. The highest BCUT2D eigenvalue weighted by atomic mass is 127. The van der Waals surface area contributed by atoms with Crippen molar-refractivity contribution in [1.82, 2.24) is 0 Å². The van der Waals surface area contributed by atoms with Crippen LogP contribution in [0, 0.1) is 5.92 Å². The fraction of sp³-hybridized carbons (Fsp3) is 0.800. The van der Waals surface area contributed by atoms with Crippen LogP contribution in [0.15, 0.2) is 56.7 Å². The van der Waals surface area contributed by atoms with Gasteiger partial charge in [-0.3, -0.25) is 0 Å². The second-order valence-corrected chi connectivity index (χ2v) is 45.4. The van der Waals surface area contributed by atoms with Gasteiger partial charge < -0.3 is 31.7 Å². The van der Waals surface area contributed by atoms with Crippen LogP contribution in [0.25, 0.3) is 0 Å². The van der Waals surface area contributed by atoms with Gasteiger partial charge in [0.25, 0.3) is 0 Å². The quantitative estimate of drug-likeness (QED) is 0.0212. The van der Waals surface area contributed by atoms with Gasteiger partial charge in [0.2, 0.25) is 0 Å². The number of carbonyl (C=O) groups excluding carboxylic acids is 1. The second-order valence-electron chi connectivity index (χ2n) is 25.7. The molecular weight excluding hydrogens is 1040 g/mol. The number of esters is 1. The van der Waals surface area contributed by atoms with E-state index in [-0.39, 0.29) is 46.0 Å². The SMILES string of the molecule is CC[C@@H](/C=C(\C)[C@H](C/C=C/C=C(/CO[Si](C)(C)C(C)(C)C)C(=O)O[C@@H](C/C=C(\C)B1OC(C)(C)C(C)(C)O1)[C@@H](C)O[Si](C)(C)C(C)(C)C)O[Si](C)(C)C(C)(C)C)[C@@H](O[Si](CC)(CC)CC)/C(C)=C/I. The van der Waals surface area contributed by atoms with E-state index in [1.807, 2.05) is 26.0 Å². The molecule has 0 unspecified atom stereocenters. The first-order valence-corrected chi connectivity index (χ1v) is 38.9. The molecule has 0 aromatic heterocycles. The zero-order valence-corrected chi connectivity index (χ0v) is 55.7. The van der Waals surface area contributed by atoms with Gasteiger partial charge in [-0.05, 0) is 168 Å². The third-order valence-electron chi connectivity index (χ3n) is 16.8. The van der Waals surface area contributed by atoms with Crippen molar-refractivity contribution >= 4 is 68.9 Å². The van der Waals surface area contributed by atoms with E-state index >= 15 is 0 Å². The first kappa shape index (κ1) is 66.6. The van der Waals surface area contributed by atoms with Crippen LogP contribution in [0.2, 0.25) is 72.5 Å². The highest BCUT2D eigenvalue weighted by Gasteiger charge is 2.52. The number of ether oxygens (including phenoxy) is 1. The van der Waals surface area contributed by atoms with E-state index in [0.29, 0.717) is 18.4 Å². The van der Waals surface area contributed by atoms with Crippen molar-refractivity contribution in [2.45, 2.75) is 273 Å². The van der Waals surface area contributed by atoms with Gasteiger partial charge in [-0.15, -0.1) is 0 Å². The van der Waals surface area contributed by atoms with Gasteiger partial charge in [-0.25, -0.2) is 4.79 Å². The summed E-state index contributed by atoms with van der Waals surface area (Å²) in [5.74, 6) is -0.190. The summed E-state index contributed by atoms with van der Waals surface area (Å²) in [6, 6.07) is 3.33. The summed E-state index contributed by atoms with van der Waals surface area (Å²) < 4.78 is 49.8. The van der Waals surface area contributed by atoms with Crippen LogP contribution in [0.5, 0.6) is 0 Å². The zero-order chi connectivity index (χ0) is 54.0. The molecule has 69 heavy (non-hydrogen) atoms. The maximum Gasteiger partial charge on any atom is 0.489 e. The predicted octanol–water partition coefficient (Wildman–Crippen LogP) is 17.3. The number of rotatable bonds is 26. The van der Waals surface area contributed by atoms with Crippen molar-refractivity contribution in [3.63, 3.8) is 0 Å². The normalized spacial score (nSPS) is 19.8. The Hall–Kier alpha value is -0.408. The number of halogens is 1. The maximum atomic E-state index is 14.7. The lowest BCUT2D eigenvalue weighted by atomic mass is 9.78. The second kappa shape index (κ2) is 26.4. The Kier molecular flexibility index (Phi) is 25.5. The van der Waals surface area contributed by atoms with Crippen LogP contribution in [-0.2, 0) is 36.5 Å². The van der Waals surface area contributed by atoms with Crippen molar-refractivity contribution in [2.75, 3.05) is 6.61 Å². The highest BCUT2D eigenvalue weighted by Crippen LogP contribution is 2.42. The molecule has 0 aromatic rings. The van der Waals surface area contributed by atoms with Gasteiger partial charge in [0.1, 0.15) is 6.10 Å². The third-order valence-corrected chi connectivity index (χ3v) is 36.0. The van der Waals surface area contributed by atoms with Gasteiger partial charge in [0, 0.05) is 12.3 Å². The minimum Gasteiger partial charge on any atom is -0.456 e. The minimum atomic E-state index is -2.25. The lowest BCUT2D eigenvalue weighted by Gasteiger charge is -2.40. The van der Waals surface area contributed by atoms with E-state index in [0.717, 1.165) is 30.0 Å². The molecule has 0 N–H and O–H groups in total. The lowest BCUT2D eigenvalue weighted by molar-refractivity contribution is -0.149. The molecule has 8 nitrogen and oxygen atoms in total. The van der Waals surface area contributed by atoms with Crippen LogP contribution < -0.4 is 0 Å². The molecule has 400 valence electrons. The standard InChI is InChI=1S/C55H106BIO8Si4/c1-28-45(49(42(6)39-57)63-69(29-2,30-3)31-4)38-41(5)47(62-68(26,27)53(15,16)17)35-33-32-34-46(40-59-66(22,23)51(9,10)11)50(58)60-48(44(8)61-67(24,25)52(12,13)14)37-36-43(7)56-64-54(18,19)55(20,21)65-56/h32-34,36,38-39,44-45,47-49H,28-31,35,37,40H2,1-27H3/b33-32+,41-38+,42-39+,43-36+,46-34-/t44-,45+,47+,48+,49+/m1/s1. The van der Waals surface area contributed by atoms with Crippen LogP contribution in [0.3, 0.4) is 0 Å². The molecule has 5 atom stereocenters. The Morgan fingerprint density at radius 2 is 1.19 bits per heavy atom. The Labute approximate surface area is 444 Å². The number of allylic oxidation sites excluding steroid dienone is 3. The molecule has 0 saturated carbocycles. The van der Waals surface area contributed by atoms with E-state index < -0.39 is 63.7 Å². The molecule has 0 amide bonds. The van der Waals surface area contributed by atoms with Crippen molar-refractivity contribution < 1.29 is 36.5 Å². The number of hydrogen-bond donors (Lipinski definition) is 0. The van der Waals surface area contributed by atoms with E-state index in [1.54, 1.807) is 0 Å². The Morgan fingerprint density at radius 1 is 0.710 bits per heavy atom. The Bertz CT molecular complexity index is 1770. The van der Waals surface area contributed by atoms with Crippen LogP contribution in [0.4, 0.5) is 0 Å². The first-order valence-electron chi connectivity index (χ1n) is 26.4. The fourth-order valence-electron chi connectivity index (χ4n) is 7.30. The summed E-state index contributed by atoms with van der Waals surface area (Å²) >= 11 is 2.38. The lowest BCUT2D eigenvalue weighted by Crippen LogP contribution is -2.47. The van der Waals surface area contributed by atoms with Crippen molar-refractivity contribution in [2.24, 2.45) is 5.92 Å². The van der Waals surface area contributed by atoms with E-state index in [1.165, 1.54) is 11.1 Å². The number of hydrogen-bond acceptors (Lipinski definition) is 8. The molecule has 0 radical (unpaired) electrons. The summed E-state index contributed by atoms with van der Waals surface area (Å²) in [4.78, 5) is 14.7. The number of carbonyl (C=O) groups is 1. The summed E-state index contributed by atoms with van der Waals surface area (Å²) in [5, 5.41) is -0.0433. The van der Waals surface area contributed by atoms with E-state index in [4.69, 9.17) is 31.7 Å². The third kappa shape index (κ3) is 19.0. The molecular formula is C55H106BIO8Si4. The van der Waals surface area contributed by atoms with Crippen LogP contribution in [0.1, 0.15) is 165 Å². The van der Waals surface area contributed by atoms with Crippen LogP contribution >= 0.6 is 22.6 Å². The fourth-order valence-corrected chi connectivity index (χ4v) is 14.3. The molecule has 0 bridgehead atoms. The predicted molar refractivity (Wildman–Crippen MR) is 317 cm³/mol. The molecule has 1 aliphatic rings. The smallest absolute Gasteiger partial charge is 0.456 e. The Morgan fingerprint density at radius 3 is 1.62 bits per heavy atom. The van der Waals surface area contributed by atoms with Gasteiger partial charge in [0.15, 0.2) is 33.3 Å². The average Bonchev–Trinajstić information content (AvgIpc) is 3.44. The highest BCUT2D eigenvalue weighted by molar-refractivity contribution is 14.1. The summed E-state index contributed by atoms with van der Waals surface area (Å²) in [6.45, 7) is 59.9. The molecule has 14 heteroatoms. The molecule has 1 aliphatic heterocycles. The molecule has 0 aliphatic carbocycles. The summed E-state index contributed by atoms with van der Waals surface area (Å²) in [7, 11) is -9.07. The van der Waals surface area contributed by atoms with Crippen molar-refractivity contribution in [3.8, 4) is 0 Å². The zero-order valence-electron chi connectivity index (χ0n) is 49.5. The van der Waals surface area contributed by atoms with E-state index in [9.17, 15) is 4.79 Å². The van der Waals surface area contributed by atoms with E-state index in [2.05, 4.69) is 216 Å². The van der Waals surface area contributed by atoms with Crippen molar-refractivity contribution in [3.05, 3.63) is 56.7 Å². The van der Waals surface area contributed by atoms with Crippen LogP contribution in [-0.4, -0.2) is 88.6 Å². The monoisotopic (exact) mass is 1140 g/mol. The average molecular weight is 1150 g/mol. The minimum absolute atomic E-state index is 0.0248.